The third kappa shape index (κ3) is 5.06. The number of ether oxygens (including phenoxy) is 1. The van der Waals surface area contributed by atoms with E-state index in [1.54, 1.807) is 24.1 Å². The number of aryl methyl sites for hydroxylation is 2. The first-order valence-electron chi connectivity index (χ1n) is 11.1. The van der Waals surface area contributed by atoms with Crippen molar-refractivity contribution < 1.29 is 22.3 Å². The van der Waals surface area contributed by atoms with Crippen LogP contribution in [0, 0.1) is 39.4 Å². The maximum Gasteiger partial charge on any atom is 0.243 e. The monoisotopic (exact) mass is 476 g/mol. The van der Waals surface area contributed by atoms with Crippen LogP contribution in [0.15, 0.2) is 29.2 Å². The Morgan fingerprint density at radius 3 is 2.18 bits per heavy atom. The van der Waals surface area contributed by atoms with Crippen molar-refractivity contribution in [2.75, 3.05) is 27.2 Å². The number of methoxy groups -OCH3 is 1. The van der Waals surface area contributed by atoms with Gasteiger partial charge in [0.05, 0.1) is 12.0 Å². The molecule has 0 aromatic heterocycles. The Balaban J connectivity index is 1.68. The zero-order valence-corrected chi connectivity index (χ0v) is 21.1. The van der Waals surface area contributed by atoms with E-state index in [1.807, 2.05) is 33.8 Å². The van der Waals surface area contributed by atoms with Crippen LogP contribution in [0.25, 0.3) is 0 Å². The Morgan fingerprint density at radius 2 is 1.67 bits per heavy atom. The molecule has 0 unspecified atom stereocenters. The van der Waals surface area contributed by atoms with Gasteiger partial charge in [-0.2, -0.15) is 4.31 Å². The van der Waals surface area contributed by atoms with Crippen molar-refractivity contribution >= 4 is 15.9 Å². The number of amides is 1. The van der Waals surface area contributed by atoms with E-state index >= 15 is 0 Å². The van der Waals surface area contributed by atoms with Crippen molar-refractivity contribution in [1.29, 1.82) is 0 Å². The lowest BCUT2D eigenvalue weighted by molar-refractivity contribution is -0.135. The van der Waals surface area contributed by atoms with Gasteiger partial charge in [0.15, 0.2) is 11.6 Å². The number of hydrogen-bond donors (Lipinski definition) is 0. The van der Waals surface area contributed by atoms with Crippen LogP contribution in [0.2, 0.25) is 0 Å². The van der Waals surface area contributed by atoms with Crippen LogP contribution >= 0.6 is 0 Å². The lowest BCUT2D eigenvalue weighted by atomic mass is 9.96. The quantitative estimate of drug-likeness (QED) is 0.629. The molecule has 0 N–H and O–H groups in total. The minimum atomic E-state index is -3.64. The summed E-state index contributed by atoms with van der Waals surface area (Å²) >= 11 is 0. The molecule has 0 spiro atoms. The highest BCUT2D eigenvalue weighted by Crippen LogP contribution is 2.31. The van der Waals surface area contributed by atoms with E-state index in [4.69, 9.17) is 4.74 Å². The lowest BCUT2D eigenvalue weighted by Gasteiger charge is -2.33. The number of nitrogens with zero attached hydrogens (tertiary/aromatic N) is 2. The summed E-state index contributed by atoms with van der Waals surface area (Å²) in [6.45, 7) is 8.43. The van der Waals surface area contributed by atoms with Crippen molar-refractivity contribution in [3.8, 4) is 5.75 Å². The molecule has 2 aromatic rings. The van der Waals surface area contributed by atoms with E-state index in [1.165, 1.54) is 17.5 Å². The molecule has 2 aromatic carbocycles. The Bertz CT molecular complexity index is 1130. The molecule has 1 aliphatic rings. The van der Waals surface area contributed by atoms with Gasteiger partial charge in [-0.25, -0.2) is 12.8 Å². The number of halogens is 1. The van der Waals surface area contributed by atoms with Gasteiger partial charge in [0.2, 0.25) is 15.9 Å². The van der Waals surface area contributed by atoms with Crippen LogP contribution in [0.4, 0.5) is 4.39 Å². The van der Waals surface area contributed by atoms with Gasteiger partial charge < -0.3 is 9.64 Å². The highest BCUT2D eigenvalue weighted by atomic mass is 32.2. The summed E-state index contributed by atoms with van der Waals surface area (Å²) in [5.41, 5.74) is 4.15. The fourth-order valence-electron chi connectivity index (χ4n) is 4.51. The minimum Gasteiger partial charge on any atom is -0.494 e. The van der Waals surface area contributed by atoms with Crippen molar-refractivity contribution in [3.63, 3.8) is 0 Å². The minimum absolute atomic E-state index is 0.0537. The smallest absolute Gasteiger partial charge is 0.243 e. The van der Waals surface area contributed by atoms with Crippen molar-refractivity contribution in [3.05, 3.63) is 57.9 Å². The fourth-order valence-corrected chi connectivity index (χ4v) is 6.56. The normalized spacial score (nSPS) is 15.5. The standard InChI is InChI=1S/C25H33FN2O4S/c1-16-13-17(2)19(4)24(18(16)3)33(30,31)28-11-9-21(10-12-28)25(29)27(5)15-20-7-8-23(32-6)22(26)14-20/h7-8,13-14,21H,9-12,15H2,1-6H3. The van der Waals surface area contributed by atoms with Gasteiger partial charge in [-0.3, -0.25) is 4.79 Å². The van der Waals surface area contributed by atoms with Gasteiger partial charge in [0, 0.05) is 32.6 Å². The average molecular weight is 477 g/mol. The second kappa shape index (κ2) is 9.81. The van der Waals surface area contributed by atoms with Gasteiger partial charge in [0.1, 0.15) is 0 Å². The molecule has 0 radical (unpaired) electrons. The number of piperidine rings is 1. The second-order valence-electron chi connectivity index (χ2n) is 8.93. The number of sulfonamides is 1. The van der Waals surface area contributed by atoms with Crippen LogP contribution in [0.3, 0.4) is 0 Å². The molecular weight excluding hydrogens is 443 g/mol. The largest absolute Gasteiger partial charge is 0.494 e. The highest BCUT2D eigenvalue weighted by molar-refractivity contribution is 7.89. The van der Waals surface area contributed by atoms with Crippen LogP contribution in [0.5, 0.6) is 5.75 Å². The zero-order chi connectivity index (χ0) is 24.5. The predicted molar refractivity (Wildman–Crippen MR) is 126 cm³/mol. The molecule has 33 heavy (non-hydrogen) atoms. The number of benzene rings is 2. The van der Waals surface area contributed by atoms with Crippen LogP contribution in [-0.4, -0.2) is 50.8 Å². The number of carbonyl (C=O) groups is 1. The molecule has 6 nitrogen and oxygen atoms in total. The Hall–Kier alpha value is -2.45. The van der Waals surface area contributed by atoms with Gasteiger partial charge in [0.25, 0.3) is 0 Å². The third-order valence-electron chi connectivity index (χ3n) is 6.71. The maximum atomic E-state index is 14.0. The number of carbonyl (C=O) groups excluding carboxylic acids is 1. The van der Waals surface area contributed by atoms with Gasteiger partial charge in [-0.05, 0) is 80.5 Å². The molecular formula is C25H33FN2O4S. The highest BCUT2D eigenvalue weighted by Gasteiger charge is 2.35. The molecule has 8 heteroatoms. The van der Waals surface area contributed by atoms with E-state index in [-0.39, 0.29) is 24.1 Å². The third-order valence-corrected chi connectivity index (χ3v) is 8.88. The molecule has 1 amide bonds. The van der Waals surface area contributed by atoms with Crippen molar-refractivity contribution in [2.45, 2.75) is 52.0 Å². The predicted octanol–water partition coefficient (Wildman–Crippen LogP) is 4.13. The first kappa shape index (κ1) is 25.2. The first-order valence-corrected chi connectivity index (χ1v) is 12.6. The van der Waals surface area contributed by atoms with Crippen molar-refractivity contribution in [1.82, 2.24) is 9.21 Å². The molecule has 0 bridgehead atoms. The molecule has 1 heterocycles. The van der Waals surface area contributed by atoms with Crippen LogP contribution in [-0.2, 0) is 21.4 Å². The van der Waals surface area contributed by atoms with Crippen LogP contribution < -0.4 is 4.74 Å². The summed E-state index contributed by atoms with van der Waals surface area (Å²) in [5, 5.41) is 0. The summed E-state index contributed by atoms with van der Waals surface area (Å²) < 4.78 is 47.3. The van der Waals surface area contributed by atoms with Crippen LogP contribution in [0.1, 0.15) is 40.7 Å². The molecule has 1 saturated heterocycles. The topological polar surface area (TPSA) is 66.9 Å². The molecule has 180 valence electrons. The van der Waals surface area contributed by atoms with E-state index in [2.05, 4.69) is 0 Å². The van der Waals surface area contributed by atoms with E-state index in [0.717, 1.165) is 22.3 Å². The zero-order valence-electron chi connectivity index (χ0n) is 20.2. The van der Waals surface area contributed by atoms with Gasteiger partial charge in [-0.15, -0.1) is 0 Å². The fraction of sp³-hybridized carbons (Fsp3) is 0.480. The van der Waals surface area contributed by atoms with Gasteiger partial charge in [-0.1, -0.05) is 12.1 Å². The summed E-state index contributed by atoms with van der Waals surface area (Å²) in [4.78, 5) is 14.9. The second-order valence-corrected chi connectivity index (χ2v) is 10.8. The molecule has 0 aliphatic carbocycles. The molecule has 0 atom stereocenters. The summed E-state index contributed by atoms with van der Waals surface area (Å²) in [6.07, 6.45) is 0.921. The summed E-state index contributed by atoms with van der Waals surface area (Å²) in [5.74, 6) is -0.616. The molecule has 1 fully saturated rings. The van der Waals surface area contributed by atoms with E-state index < -0.39 is 15.8 Å². The number of hydrogen-bond acceptors (Lipinski definition) is 4. The summed E-state index contributed by atoms with van der Waals surface area (Å²) in [7, 11) is -0.547. The summed E-state index contributed by atoms with van der Waals surface area (Å²) in [6, 6.07) is 6.66. The molecule has 3 rings (SSSR count). The van der Waals surface area contributed by atoms with E-state index in [0.29, 0.717) is 36.4 Å². The molecule has 0 saturated carbocycles. The Morgan fingerprint density at radius 1 is 1.09 bits per heavy atom. The molecule has 1 aliphatic heterocycles. The number of rotatable bonds is 6. The van der Waals surface area contributed by atoms with Crippen molar-refractivity contribution in [2.24, 2.45) is 5.92 Å². The SMILES string of the molecule is COc1ccc(CN(C)C(=O)C2CCN(S(=O)(=O)c3c(C)c(C)cc(C)c3C)CC2)cc1F. The van der Waals surface area contributed by atoms with Gasteiger partial charge >= 0.3 is 0 Å². The first-order chi connectivity index (χ1) is 15.5. The average Bonchev–Trinajstić information content (AvgIpc) is 2.77. The van der Waals surface area contributed by atoms with E-state index in [9.17, 15) is 17.6 Å². The lowest BCUT2D eigenvalue weighted by Crippen LogP contribution is -2.43. The maximum absolute atomic E-state index is 14.0. The Kier molecular flexibility index (Phi) is 7.49. The Labute approximate surface area is 196 Å².